The van der Waals surface area contributed by atoms with E-state index < -0.39 is 0 Å². The maximum Gasteiger partial charge on any atom is 0.225 e. The summed E-state index contributed by atoms with van der Waals surface area (Å²) in [6.07, 6.45) is 2.43. The van der Waals surface area contributed by atoms with Crippen LogP contribution in [0.25, 0.3) is 0 Å². The number of hydrogen-bond acceptors (Lipinski definition) is 6. The van der Waals surface area contributed by atoms with Gasteiger partial charge in [-0.2, -0.15) is 0 Å². The molecule has 0 amide bonds. The van der Waals surface area contributed by atoms with Crippen LogP contribution in [0.1, 0.15) is 19.5 Å². The smallest absolute Gasteiger partial charge is 0.225 e. The van der Waals surface area contributed by atoms with Crippen molar-refractivity contribution in [3.8, 4) is 0 Å². The molecule has 0 saturated carbocycles. The second kappa shape index (κ2) is 6.68. The lowest BCUT2D eigenvalue weighted by Crippen LogP contribution is -2.45. The van der Waals surface area contributed by atoms with Crippen molar-refractivity contribution in [3.05, 3.63) is 18.0 Å². The predicted octanol–water partition coefficient (Wildman–Crippen LogP) is 0.922. The van der Waals surface area contributed by atoms with Gasteiger partial charge in [-0.05, 0) is 19.9 Å². The average Bonchev–Trinajstić information content (AvgIpc) is 2.47. The van der Waals surface area contributed by atoms with Gasteiger partial charge in [0.25, 0.3) is 0 Å². The fourth-order valence-electron chi connectivity index (χ4n) is 3.03. The third kappa shape index (κ3) is 3.90. The summed E-state index contributed by atoms with van der Waals surface area (Å²) in [5, 5.41) is 0. The topological polar surface area (TPSA) is 50.7 Å². The number of rotatable bonds is 3. The van der Waals surface area contributed by atoms with Crippen molar-refractivity contribution < 1.29 is 9.47 Å². The lowest BCUT2D eigenvalue weighted by Gasteiger charge is -2.35. The molecular weight excluding hydrogens is 268 g/mol. The van der Waals surface area contributed by atoms with Crippen LogP contribution >= 0.6 is 0 Å². The van der Waals surface area contributed by atoms with Gasteiger partial charge in [0.2, 0.25) is 5.95 Å². The van der Waals surface area contributed by atoms with Crippen LogP contribution in [0.3, 0.4) is 0 Å². The van der Waals surface area contributed by atoms with Crippen LogP contribution in [-0.4, -0.2) is 66.5 Å². The van der Waals surface area contributed by atoms with E-state index in [1.165, 1.54) is 0 Å². The molecule has 0 spiro atoms. The minimum Gasteiger partial charge on any atom is -0.378 e. The lowest BCUT2D eigenvalue weighted by atomic mass is 10.2. The van der Waals surface area contributed by atoms with E-state index in [2.05, 4.69) is 28.6 Å². The molecule has 0 aliphatic carbocycles. The Morgan fingerprint density at radius 2 is 1.90 bits per heavy atom. The van der Waals surface area contributed by atoms with E-state index in [1.807, 2.05) is 12.3 Å². The summed E-state index contributed by atoms with van der Waals surface area (Å²) in [6, 6.07) is 2.01. The zero-order valence-corrected chi connectivity index (χ0v) is 12.9. The molecule has 3 heterocycles. The standard InChI is InChI=1S/C15H24N4O2/c1-12-9-18(10-13(2)21-12)11-14-3-4-16-15(17-14)19-5-7-20-8-6-19/h3-4,12-13H,5-11H2,1-2H3/t12-,13-/m0/s1. The van der Waals surface area contributed by atoms with Crippen molar-refractivity contribution in [3.63, 3.8) is 0 Å². The van der Waals surface area contributed by atoms with Crippen LogP contribution in [0.15, 0.2) is 12.3 Å². The van der Waals surface area contributed by atoms with Crippen LogP contribution < -0.4 is 4.90 Å². The first-order valence-corrected chi connectivity index (χ1v) is 7.73. The third-order valence-electron chi connectivity index (χ3n) is 3.88. The Bertz CT molecular complexity index is 455. The van der Waals surface area contributed by atoms with Crippen molar-refractivity contribution in [1.82, 2.24) is 14.9 Å². The quantitative estimate of drug-likeness (QED) is 0.826. The van der Waals surface area contributed by atoms with Crippen molar-refractivity contribution >= 4 is 5.95 Å². The Morgan fingerprint density at radius 3 is 2.62 bits per heavy atom. The van der Waals surface area contributed by atoms with E-state index in [-0.39, 0.29) is 12.2 Å². The highest BCUT2D eigenvalue weighted by atomic mass is 16.5. The molecule has 1 aromatic rings. The number of anilines is 1. The van der Waals surface area contributed by atoms with E-state index >= 15 is 0 Å². The van der Waals surface area contributed by atoms with E-state index in [9.17, 15) is 0 Å². The molecule has 0 aromatic carbocycles. The van der Waals surface area contributed by atoms with Crippen LogP contribution in [-0.2, 0) is 16.0 Å². The molecule has 116 valence electrons. The van der Waals surface area contributed by atoms with Crippen molar-refractivity contribution in [1.29, 1.82) is 0 Å². The molecule has 6 nitrogen and oxygen atoms in total. The molecule has 2 fully saturated rings. The van der Waals surface area contributed by atoms with Gasteiger partial charge in [-0.3, -0.25) is 4.90 Å². The van der Waals surface area contributed by atoms with Crippen LogP contribution in [0.4, 0.5) is 5.95 Å². The summed E-state index contributed by atoms with van der Waals surface area (Å²) < 4.78 is 11.2. The molecule has 0 radical (unpaired) electrons. The molecule has 21 heavy (non-hydrogen) atoms. The zero-order valence-electron chi connectivity index (χ0n) is 12.9. The van der Waals surface area contributed by atoms with Gasteiger partial charge < -0.3 is 14.4 Å². The van der Waals surface area contributed by atoms with Crippen LogP contribution in [0.5, 0.6) is 0 Å². The molecule has 3 rings (SSSR count). The second-order valence-corrected chi connectivity index (χ2v) is 5.90. The van der Waals surface area contributed by atoms with Gasteiger partial charge in [-0.25, -0.2) is 9.97 Å². The monoisotopic (exact) mass is 292 g/mol. The van der Waals surface area contributed by atoms with E-state index in [4.69, 9.17) is 14.5 Å². The molecule has 2 saturated heterocycles. The van der Waals surface area contributed by atoms with Gasteiger partial charge >= 0.3 is 0 Å². The first-order chi connectivity index (χ1) is 10.2. The fourth-order valence-corrected chi connectivity index (χ4v) is 3.03. The Labute approximate surface area is 126 Å². The Morgan fingerprint density at radius 1 is 1.19 bits per heavy atom. The van der Waals surface area contributed by atoms with Gasteiger partial charge in [0, 0.05) is 38.9 Å². The molecule has 2 aliphatic rings. The minimum atomic E-state index is 0.286. The molecule has 2 atom stereocenters. The van der Waals surface area contributed by atoms with Gasteiger partial charge in [-0.1, -0.05) is 0 Å². The Balaban J connectivity index is 1.65. The summed E-state index contributed by atoms with van der Waals surface area (Å²) >= 11 is 0. The van der Waals surface area contributed by atoms with Crippen LogP contribution in [0.2, 0.25) is 0 Å². The molecular formula is C15H24N4O2. The third-order valence-corrected chi connectivity index (χ3v) is 3.88. The fraction of sp³-hybridized carbons (Fsp3) is 0.733. The number of morpholine rings is 2. The number of hydrogen-bond donors (Lipinski definition) is 0. The summed E-state index contributed by atoms with van der Waals surface area (Å²) in [5.74, 6) is 0.824. The number of ether oxygens (including phenoxy) is 2. The lowest BCUT2D eigenvalue weighted by molar-refractivity contribution is -0.0707. The number of aromatic nitrogens is 2. The van der Waals surface area contributed by atoms with E-state index in [0.717, 1.165) is 57.6 Å². The van der Waals surface area contributed by atoms with Gasteiger partial charge in [0.1, 0.15) is 0 Å². The molecule has 2 aliphatic heterocycles. The second-order valence-electron chi connectivity index (χ2n) is 5.90. The Hall–Kier alpha value is -1.24. The number of nitrogens with zero attached hydrogens (tertiary/aromatic N) is 4. The molecule has 0 bridgehead atoms. The minimum absolute atomic E-state index is 0.286. The van der Waals surface area contributed by atoms with Gasteiger partial charge in [-0.15, -0.1) is 0 Å². The van der Waals surface area contributed by atoms with Crippen molar-refractivity contribution in [2.75, 3.05) is 44.3 Å². The highest BCUT2D eigenvalue weighted by Gasteiger charge is 2.22. The summed E-state index contributed by atoms with van der Waals surface area (Å²) in [4.78, 5) is 13.7. The highest BCUT2D eigenvalue weighted by molar-refractivity contribution is 5.30. The van der Waals surface area contributed by atoms with E-state index in [1.54, 1.807) is 0 Å². The van der Waals surface area contributed by atoms with Gasteiger partial charge in [0.05, 0.1) is 31.1 Å². The normalized spacial score (nSPS) is 27.8. The summed E-state index contributed by atoms with van der Waals surface area (Å²) in [5.41, 5.74) is 1.08. The summed E-state index contributed by atoms with van der Waals surface area (Å²) in [7, 11) is 0. The molecule has 0 unspecified atom stereocenters. The molecule has 6 heteroatoms. The van der Waals surface area contributed by atoms with Crippen molar-refractivity contribution in [2.45, 2.75) is 32.6 Å². The molecule has 1 aromatic heterocycles. The van der Waals surface area contributed by atoms with Gasteiger partial charge in [0.15, 0.2) is 0 Å². The first-order valence-electron chi connectivity index (χ1n) is 7.73. The molecule has 0 N–H and O–H groups in total. The maximum atomic E-state index is 5.78. The first kappa shape index (κ1) is 14.7. The largest absolute Gasteiger partial charge is 0.378 e. The zero-order chi connectivity index (χ0) is 14.7. The van der Waals surface area contributed by atoms with Crippen molar-refractivity contribution in [2.24, 2.45) is 0 Å². The predicted molar refractivity (Wildman–Crippen MR) is 80.4 cm³/mol. The highest BCUT2D eigenvalue weighted by Crippen LogP contribution is 2.15. The Kier molecular flexibility index (Phi) is 4.67. The average molecular weight is 292 g/mol. The summed E-state index contributed by atoms with van der Waals surface area (Å²) in [6.45, 7) is 10.3. The maximum absolute atomic E-state index is 5.78. The van der Waals surface area contributed by atoms with E-state index in [0.29, 0.717) is 0 Å². The SMILES string of the molecule is C[C@H]1CN(Cc2ccnc(N3CCOCC3)n2)C[C@H](C)O1. The van der Waals surface area contributed by atoms with Crippen LogP contribution in [0, 0.1) is 0 Å².